The minimum Gasteiger partial charge on any atom is -0.365 e. The van der Waals surface area contributed by atoms with Crippen LogP contribution in [0, 0.1) is 0 Å². The van der Waals surface area contributed by atoms with Gasteiger partial charge < -0.3 is 10.3 Å². The summed E-state index contributed by atoms with van der Waals surface area (Å²) in [5, 5.41) is 3.25. The van der Waals surface area contributed by atoms with E-state index in [9.17, 15) is 4.79 Å². The Morgan fingerprint density at radius 2 is 2.57 bits per heavy atom. The van der Waals surface area contributed by atoms with Crippen molar-refractivity contribution >= 4 is 33.5 Å². The Labute approximate surface area is 94.0 Å². The summed E-state index contributed by atoms with van der Waals surface area (Å²) in [6.45, 7) is 0. The van der Waals surface area contributed by atoms with Gasteiger partial charge in [-0.15, -0.1) is 0 Å². The van der Waals surface area contributed by atoms with Crippen molar-refractivity contribution in [3.63, 3.8) is 0 Å². The number of hydrogen-bond acceptors (Lipinski definition) is 4. The number of anilines is 1. The van der Waals surface area contributed by atoms with Crippen LogP contribution in [0.15, 0.2) is 15.6 Å². The Morgan fingerprint density at radius 3 is 3.29 bits per heavy atom. The molecule has 0 aliphatic carbocycles. The van der Waals surface area contributed by atoms with E-state index < -0.39 is 0 Å². The fraction of sp³-hybridized carbons (Fsp3) is 0.500. The van der Waals surface area contributed by atoms with Crippen molar-refractivity contribution in [1.29, 1.82) is 0 Å². The Morgan fingerprint density at radius 1 is 1.71 bits per heavy atom. The van der Waals surface area contributed by atoms with E-state index in [-0.39, 0.29) is 5.56 Å². The topological polar surface area (TPSA) is 57.8 Å². The van der Waals surface area contributed by atoms with E-state index in [0.717, 1.165) is 12.2 Å². The molecule has 1 unspecified atom stereocenters. The van der Waals surface area contributed by atoms with Gasteiger partial charge in [-0.1, -0.05) is 0 Å². The summed E-state index contributed by atoms with van der Waals surface area (Å²) < 4.78 is 0.483. The van der Waals surface area contributed by atoms with Gasteiger partial charge in [0.2, 0.25) is 0 Å². The molecule has 2 heterocycles. The number of H-pyrrole nitrogens is 1. The molecule has 1 fully saturated rings. The average molecular weight is 276 g/mol. The summed E-state index contributed by atoms with van der Waals surface area (Å²) >= 11 is 5.13. The molecule has 4 nitrogen and oxygen atoms in total. The Balaban J connectivity index is 2.15. The minimum atomic E-state index is -0.145. The van der Waals surface area contributed by atoms with Gasteiger partial charge in [0.05, 0.1) is 6.33 Å². The molecule has 0 saturated carbocycles. The Hall–Kier alpha value is -0.490. The van der Waals surface area contributed by atoms with E-state index in [1.807, 2.05) is 11.8 Å². The van der Waals surface area contributed by atoms with Gasteiger partial charge in [-0.25, -0.2) is 4.98 Å². The van der Waals surface area contributed by atoms with Gasteiger partial charge in [-0.2, -0.15) is 11.8 Å². The molecule has 0 spiro atoms. The van der Waals surface area contributed by atoms with Crippen LogP contribution in [0.2, 0.25) is 0 Å². The molecule has 6 heteroatoms. The van der Waals surface area contributed by atoms with E-state index in [1.54, 1.807) is 0 Å². The molecule has 0 aromatic carbocycles. The molecular formula is C8H10BrN3OS. The molecule has 2 N–H and O–H groups in total. The third kappa shape index (κ3) is 2.12. The lowest BCUT2D eigenvalue weighted by atomic mass is 10.2. The van der Waals surface area contributed by atoms with Crippen LogP contribution >= 0.6 is 27.7 Å². The van der Waals surface area contributed by atoms with E-state index in [0.29, 0.717) is 16.3 Å². The maximum Gasteiger partial charge on any atom is 0.267 e. The standard InChI is InChI=1S/C8H10BrN3OS/c9-6-7(10-4-11-8(6)13)12-5-1-2-14-3-5/h4-5H,1-3H2,(H2,10,11,12,13). The number of thioether (sulfide) groups is 1. The van der Waals surface area contributed by atoms with Crippen molar-refractivity contribution in [2.24, 2.45) is 0 Å². The summed E-state index contributed by atoms with van der Waals surface area (Å²) in [5.74, 6) is 2.90. The normalized spacial score (nSPS) is 21.1. The lowest BCUT2D eigenvalue weighted by Gasteiger charge is -2.12. The van der Waals surface area contributed by atoms with Crippen LogP contribution < -0.4 is 10.9 Å². The van der Waals surface area contributed by atoms with Gasteiger partial charge in [0.25, 0.3) is 5.56 Å². The highest BCUT2D eigenvalue weighted by molar-refractivity contribution is 9.10. The Bertz CT molecular complexity index is 375. The first-order valence-electron chi connectivity index (χ1n) is 4.35. The molecule has 0 bridgehead atoms. The molecule has 0 radical (unpaired) electrons. The largest absolute Gasteiger partial charge is 0.365 e. The second-order valence-corrected chi connectivity index (χ2v) is 5.04. The zero-order chi connectivity index (χ0) is 9.97. The second-order valence-electron chi connectivity index (χ2n) is 3.10. The summed E-state index contributed by atoms with van der Waals surface area (Å²) in [7, 11) is 0. The number of halogens is 1. The summed E-state index contributed by atoms with van der Waals surface area (Å²) in [5.41, 5.74) is -0.145. The van der Waals surface area contributed by atoms with E-state index in [2.05, 4.69) is 31.2 Å². The van der Waals surface area contributed by atoms with Gasteiger partial charge in [-0.3, -0.25) is 4.79 Å². The first-order valence-corrected chi connectivity index (χ1v) is 6.29. The lowest BCUT2D eigenvalue weighted by molar-refractivity contribution is 0.803. The first kappa shape index (κ1) is 10.0. The number of aromatic nitrogens is 2. The molecule has 0 amide bonds. The quantitative estimate of drug-likeness (QED) is 0.858. The number of rotatable bonds is 2. The van der Waals surface area contributed by atoms with Crippen LogP contribution in [0.4, 0.5) is 5.82 Å². The van der Waals surface area contributed by atoms with Crippen LogP contribution in [-0.4, -0.2) is 27.5 Å². The molecule has 76 valence electrons. The van der Waals surface area contributed by atoms with Crippen LogP contribution in [0.5, 0.6) is 0 Å². The van der Waals surface area contributed by atoms with Crippen molar-refractivity contribution in [2.45, 2.75) is 12.5 Å². The SMILES string of the molecule is O=c1[nH]cnc(NC2CCSC2)c1Br. The number of nitrogens with one attached hydrogen (secondary N) is 2. The highest BCUT2D eigenvalue weighted by atomic mass is 79.9. The predicted octanol–water partition coefficient (Wildman–Crippen LogP) is 1.45. The number of nitrogens with zero attached hydrogens (tertiary/aromatic N) is 1. The first-order chi connectivity index (χ1) is 6.77. The molecule has 1 aromatic heterocycles. The van der Waals surface area contributed by atoms with Gasteiger partial charge in [0, 0.05) is 11.8 Å². The molecule has 1 aliphatic heterocycles. The number of aromatic amines is 1. The highest BCUT2D eigenvalue weighted by Crippen LogP contribution is 2.22. The molecular weight excluding hydrogens is 266 g/mol. The van der Waals surface area contributed by atoms with Crippen LogP contribution in [0.1, 0.15) is 6.42 Å². The molecule has 14 heavy (non-hydrogen) atoms. The van der Waals surface area contributed by atoms with E-state index >= 15 is 0 Å². The zero-order valence-electron chi connectivity index (χ0n) is 7.42. The van der Waals surface area contributed by atoms with Crippen molar-refractivity contribution in [3.8, 4) is 0 Å². The maximum atomic E-state index is 11.2. The van der Waals surface area contributed by atoms with Crippen molar-refractivity contribution in [1.82, 2.24) is 9.97 Å². The molecule has 1 saturated heterocycles. The Kier molecular flexibility index (Phi) is 3.12. The fourth-order valence-corrected chi connectivity index (χ4v) is 2.81. The van der Waals surface area contributed by atoms with E-state index in [1.165, 1.54) is 12.1 Å². The molecule has 2 rings (SSSR count). The fourth-order valence-electron chi connectivity index (χ4n) is 1.33. The molecule has 1 aromatic rings. The summed E-state index contributed by atoms with van der Waals surface area (Å²) in [4.78, 5) is 17.8. The van der Waals surface area contributed by atoms with Gasteiger partial charge in [-0.05, 0) is 28.1 Å². The number of hydrogen-bond donors (Lipinski definition) is 2. The third-order valence-electron chi connectivity index (χ3n) is 2.07. The third-order valence-corrected chi connectivity index (χ3v) is 3.97. The predicted molar refractivity (Wildman–Crippen MR) is 61.9 cm³/mol. The van der Waals surface area contributed by atoms with Crippen molar-refractivity contribution in [3.05, 3.63) is 21.2 Å². The lowest BCUT2D eigenvalue weighted by Crippen LogP contribution is -2.21. The van der Waals surface area contributed by atoms with Gasteiger partial charge >= 0.3 is 0 Å². The van der Waals surface area contributed by atoms with Gasteiger partial charge in [0.1, 0.15) is 10.3 Å². The molecule has 1 aliphatic rings. The van der Waals surface area contributed by atoms with Crippen LogP contribution in [0.3, 0.4) is 0 Å². The maximum absolute atomic E-state index is 11.2. The zero-order valence-corrected chi connectivity index (χ0v) is 9.82. The van der Waals surface area contributed by atoms with Crippen LogP contribution in [-0.2, 0) is 0 Å². The monoisotopic (exact) mass is 275 g/mol. The van der Waals surface area contributed by atoms with Crippen molar-refractivity contribution in [2.75, 3.05) is 16.8 Å². The summed E-state index contributed by atoms with van der Waals surface area (Å²) in [6.07, 6.45) is 2.54. The van der Waals surface area contributed by atoms with Crippen LogP contribution in [0.25, 0.3) is 0 Å². The highest BCUT2D eigenvalue weighted by Gasteiger charge is 2.17. The molecule has 1 atom stereocenters. The van der Waals surface area contributed by atoms with Gasteiger partial charge in [0.15, 0.2) is 0 Å². The van der Waals surface area contributed by atoms with Crippen molar-refractivity contribution < 1.29 is 0 Å². The average Bonchev–Trinajstić information content (AvgIpc) is 2.66. The summed E-state index contributed by atoms with van der Waals surface area (Å²) in [6, 6.07) is 0.436. The van der Waals surface area contributed by atoms with E-state index in [4.69, 9.17) is 0 Å². The smallest absolute Gasteiger partial charge is 0.267 e. The second kappa shape index (κ2) is 4.35. The minimum absolute atomic E-state index is 0.145.